The largest absolute Gasteiger partial charge is 0.499 e. The van der Waals surface area contributed by atoms with Gasteiger partial charge in [-0.1, -0.05) is 62.3 Å². The van der Waals surface area contributed by atoms with Gasteiger partial charge in [-0.2, -0.15) is 0 Å². The number of rotatable bonds is 6. The molecular weight excluding hydrogens is 510 g/mol. The first-order chi connectivity index (χ1) is 18.4. The summed E-state index contributed by atoms with van der Waals surface area (Å²) in [7, 11) is -4.14. The van der Waals surface area contributed by atoms with E-state index in [9.17, 15) is 13.2 Å². The molecule has 0 bridgehead atoms. The highest BCUT2D eigenvalue weighted by atomic mass is 32.2. The van der Waals surface area contributed by atoms with Gasteiger partial charge in [0.05, 0.1) is 17.3 Å². The van der Waals surface area contributed by atoms with Gasteiger partial charge in [-0.15, -0.1) is 0 Å². The second-order valence-electron chi connectivity index (χ2n) is 11.9. The minimum atomic E-state index is -4.14. The Balaban J connectivity index is 2.00. The van der Waals surface area contributed by atoms with Crippen LogP contribution in [0.3, 0.4) is 0 Å². The van der Waals surface area contributed by atoms with Crippen LogP contribution in [0, 0.1) is 29.1 Å². The molecule has 1 aliphatic heterocycles. The maximum atomic E-state index is 15.1. The van der Waals surface area contributed by atoms with Crippen molar-refractivity contribution >= 4 is 21.5 Å². The lowest BCUT2D eigenvalue weighted by Gasteiger charge is -2.46. The summed E-state index contributed by atoms with van der Waals surface area (Å²) in [6, 6.07) is 7.90. The predicted molar refractivity (Wildman–Crippen MR) is 153 cm³/mol. The van der Waals surface area contributed by atoms with Crippen LogP contribution < -0.4 is 5.32 Å². The standard InChI is InChI=1S/C32H43NO5S/c1-7-38-25-13-11-12-21(4)17-24-18-22(5)23(6)29-27(16-20(2)3)33-31(35)32(24,29)30(34)28(19-25)39(36,37)26-14-9-8-10-15-26/h8-10,13-15,17-18,20,23-24,27-29H,7,11-12,16,19H2,1-6H3,(H,33,35)/b21-17+,25-13+/t23-,24+,27+,28-,29+,32+/m1/s1. The van der Waals surface area contributed by atoms with E-state index in [1.54, 1.807) is 18.2 Å². The Hall–Kier alpha value is -2.67. The summed E-state index contributed by atoms with van der Waals surface area (Å²) in [5.74, 6) is -1.01. The number of amides is 1. The molecule has 4 rings (SSSR count). The Bertz CT molecular complexity index is 1290. The first kappa shape index (κ1) is 29.3. The monoisotopic (exact) mass is 553 g/mol. The fourth-order valence-electron chi connectivity index (χ4n) is 6.95. The quantitative estimate of drug-likeness (QED) is 0.355. The highest BCUT2D eigenvalue weighted by molar-refractivity contribution is 7.92. The Labute approximate surface area is 233 Å². The lowest BCUT2D eigenvalue weighted by molar-refractivity contribution is -0.145. The van der Waals surface area contributed by atoms with Crippen LogP contribution in [0.25, 0.3) is 0 Å². The van der Waals surface area contributed by atoms with Crippen molar-refractivity contribution in [3.63, 3.8) is 0 Å². The number of benzene rings is 1. The molecule has 1 fully saturated rings. The van der Waals surface area contributed by atoms with Gasteiger partial charge in [-0.25, -0.2) is 8.42 Å². The van der Waals surface area contributed by atoms with Crippen molar-refractivity contribution in [3.05, 3.63) is 65.5 Å². The SMILES string of the molecule is CCO/C1=C/CC/C(C)=C/[C@H]2C=C(C)[C@@H](C)[C@H]3[C@H](CC(C)C)NC(=O)[C@]32C(=O)[C@H](S(=O)(=O)c2ccccc2)C1. The minimum absolute atomic E-state index is 0.0614. The topological polar surface area (TPSA) is 89.5 Å². The molecule has 2 aliphatic carbocycles. The number of hydrogen-bond acceptors (Lipinski definition) is 5. The number of carbonyl (C=O) groups excluding carboxylic acids is 2. The highest BCUT2D eigenvalue weighted by Crippen LogP contribution is 2.56. The Morgan fingerprint density at radius 3 is 2.44 bits per heavy atom. The molecule has 1 heterocycles. The molecule has 6 atom stereocenters. The van der Waals surface area contributed by atoms with Crippen molar-refractivity contribution in [1.29, 1.82) is 0 Å². The van der Waals surface area contributed by atoms with Crippen molar-refractivity contribution in [2.24, 2.45) is 29.1 Å². The lowest BCUT2D eigenvalue weighted by Crippen LogP contribution is -2.56. The molecule has 212 valence electrons. The number of ketones is 1. The van der Waals surface area contributed by atoms with Crippen molar-refractivity contribution in [2.75, 3.05) is 6.61 Å². The first-order valence-electron chi connectivity index (χ1n) is 14.3. The summed E-state index contributed by atoms with van der Waals surface area (Å²) >= 11 is 0. The van der Waals surface area contributed by atoms with Crippen LogP contribution in [-0.4, -0.2) is 38.0 Å². The molecule has 0 saturated carbocycles. The average Bonchev–Trinajstić information content (AvgIpc) is 3.16. The summed E-state index contributed by atoms with van der Waals surface area (Å²) in [6.07, 6.45) is 8.02. The number of Topliss-reactive ketones (excluding diaryl/α,β-unsaturated/α-hetero) is 1. The van der Waals surface area contributed by atoms with Crippen LogP contribution in [0.4, 0.5) is 0 Å². The summed E-state index contributed by atoms with van der Waals surface area (Å²) < 4.78 is 34.4. The van der Waals surface area contributed by atoms with E-state index in [0.717, 1.165) is 24.0 Å². The number of allylic oxidation sites excluding steroid dienone is 6. The van der Waals surface area contributed by atoms with Crippen LogP contribution in [0.5, 0.6) is 0 Å². The normalized spacial score (nSPS) is 34.4. The van der Waals surface area contributed by atoms with Crippen molar-refractivity contribution in [3.8, 4) is 0 Å². The first-order valence-corrected chi connectivity index (χ1v) is 15.8. The third-order valence-electron chi connectivity index (χ3n) is 8.84. The molecule has 1 N–H and O–H groups in total. The smallest absolute Gasteiger partial charge is 0.235 e. The van der Waals surface area contributed by atoms with E-state index in [0.29, 0.717) is 24.7 Å². The zero-order valence-electron chi connectivity index (χ0n) is 24.1. The van der Waals surface area contributed by atoms with Crippen molar-refractivity contribution < 1.29 is 22.7 Å². The molecule has 1 aromatic carbocycles. The number of carbonyl (C=O) groups is 2. The number of sulfone groups is 1. The van der Waals surface area contributed by atoms with Gasteiger partial charge < -0.3 is 10.1 Å². The molecule has 0 radical (unpaired) electrons. The number of ether oxygens (including phenoxy) is 1. The van der Waals surface area contributed by atoms with E-state index in [1.807, 2.05) is 32.1 Å². The molecular formula is C32H43NO5S. The van der Waals surface area contributed by atoms with Gasteiger partial charge in [-0.3, -0.25) is 9.59 Å². The van der Waals surface area contributed by atoms with Crippen molar-refractivity contribution in [1.82, 2.24) is 5.32 Å². The Morgan fingerprint density at radius 2 is 1.79 bits per heavy atom. The van der Waals surface area contributed by atoms with Gasteiger partial charge in [0.15, 0.2) is 15.6 Å². The van der Waals surface area contributed by atoms with E-state index in [2.05, 4.69) is 33.0 Å². The third kappa shape index (κ3) is 5.27. The van der Waals surface area contributed by atoms with Crippen LogP contribution in [-0.2, 0) is 24.2 Å². The number of nitrogens with one attached hydrogen (secondary N) is 1. The van der Waals surface area contributed by atoms with E-state index < -0.39 is 32.2 Å². The fourth-order valence-corrected chi connectivity index (χ4v) is 8.68. The summed E-state index contributed by atoms with van der Waals surface area (Å²) in [5, 5.41) is 1.75. The molecule has 1 spiro atoms. The van der Waals surface area contributed by atoms with Crippen LogP contribution >= 0.6 is 0 Å². The van der Waals surface area contributed by atoms with Gasteiger partial charge in [0.2, 0.25) is 5.91 Å². The summed E-state index contributed by atoms with van der Waals surface area (Å²) in [5.41, 5.74) is 0.683. The lowest BCUT2D eigenvalue weighted by atomic mass is 9.54. The molecule has 1 amide bonds. The zero-order valence-corrected chi connectivity index (χ0v) is 24.9. The van der Waals surface area contributed by atoms with Gasteiger partial charge in [0, 0.05) is 24.3 Å². The molecule has 6 nitrogen and oxygen atoms in total. The molecule has 0 aromatic heterocycles. The summed E-state index contributed by atoms with van der Waals surface area (Å²) in [6.45, 7) is 12.6. The molecule has 1 saturated heterocycles. The number of hydrogen-bond donors (Lipinski definition) is 1. The second kappa shape index (κ2) is 11.4. The molecule has 0 unspecified atom stereocenters. The second-order valence-corrected chi connectivity index (χ2v) is 14.0. The summed E-state index contributed by atoms with van der Waals surface area (Å²) in [4.78, 5) is 29.4. The Kier molecular flexibility index (Phi) is 8.60. The average molecular weight is 554 g/mol. The maximum absolute atomic E-state index is 15.1. The van der Waals surface area contributed by atoms with E-state index in [4.69, 9.17) is 4.74 Å². The maximum Gasteiger partial charge on any atom is 0.235 e. The van der Waals surface area contributed by atoms with Gasteiger partial charge in [0.25, 0.3) is 0 Å². The van der Waals surface area contributed by atoms with Gasteiger partial charge in [0.1, 0.15) is 10.7 Å². The fraction of sp³-hybridized carbons (Fsp3) is 0.562. The van der Waals surface area contributed by atoms with Crippen LogP contribution in [0.2, 0.25) is 0 Å². The third-order valence-corrected chi connectivity index (χ3v) is 10.9. The van der Waals surface area contributed by atoms with Crippen LogP contribution in [0.15, 0.2) is 70.4 Å². The Morgan fingerprint density at radius 1 is 1.10 bits per heavy atom. The molecule has 1 aromatic rings. The minimum Gasteiger partial charge on any atom is -0.499 e. The highest BCUT2D eigenvalue weighted by Gasteiger charge is 2.67. The van der Waals surface area contributed by atoms with Gasteiger partial charge in [-0.05, 0) is 70.1 Å². The predicted octanol–water partition coefficient (Wildman–Crippen LogP) is 5.81. The van der Waals surface area contributed by atoms with E-state index in [-0.39, 0.29) is 35.1 Å². The van der Waals surface area contributed by atoms with Crippen LogP contribution in [0.1, 0.15) is 67.2 Å². The molecule has 7 heteroatoms. The van der Waals surface area contributed by atoms with Crippen molar-refractivity contribution in [2.45, 2.75) is 83.4 Å². The van der Waals surface area contributed by atoms with E-state index in [1.165, 1.54) is 12.1 Å². The molecule has 3 aliphatic rings. The zero-order chi connectivity index (χ0) is 28.5. The van der Waals surface area contributed by atoms with E-state index >= 15 is 4.79 Å². The van der Waals surface area contributed by atoms with Gasteiger partial charge >= 0.3 is 0 Å². The molecule has 39 heavy (non-hydrogen) atoms.